The van der Waals surface area contributed by atoms with Crippen LogP contribution in [-0.4, -0.2) is 53.0 Å². The molecular weight excluding hydrogens is 280 g/mol. The fraction of sp³-hybridized carbons (Fsp3) is 0.941. The van der Waals surface area contributed by atoms with Crippen LogP contribution in [0.5, 0.6) is 0 Å². The van der Waals surface area contributed by atoms with Crippen molar-refractivity contribution in [2.24, 2.45) is 5.92 Å². The van der Waals surface area contributed by atoms with Crippen LogP contribution in [0.2, 0.25) is 0 Å². The molecule has 1 fully saturated rings. The van der Waals surface area contributed by atoms with Gasteiger partial charge in [0.2, 0.25) is 0 Å². The van der Waals surface area contributed by atoms with Crippen molar-refractivity contribution in [2.45, 2.75) is 78.0 Å². The van der Waals surface area contributed by atoms with Crippen LogP contribution in [-0.2, 0) is 4.74 Å². The van der Waals surface area contributed by atoms with E-state index in [9.17, 15) is 9.90 Å². The summed E-state index contributed by atoms with van der Waals surface area (Å²) in [6, 6.07) is 0.222. The highest BCUT2D eigenvalue weighted by Crippen LogP contribution is 2.18. The average Bonchev–Trinajstić information content (AvgIpc) is 2.33. The van der Waals surface area contributed by atoms with Crippen molar-refractivity contribution in [3.8, 4) is 0 Å². The highest BCUT2D eigenvalue weighted by molar-refractivity contribution is 5.68. The highest BCUT2D eigenvalue weighted by atomic mass is 16.6. The van der Waals surface area contributed by atoms with Gasteiger partial charge in [0.1, 0.15) is 5.60 Å². The molecule has 2 N–H and O–H groups in total. The van der Waals surface area contributed by atoms with Gasteiger partial charge in [-0.05, 0) is 52.9 Å². The molecular formula is C17H34N2O3. The smallest absolute Gasteiger partial charge is 0.410 e. The van der Waals surface area contributed by atoms with Crippen molar-refractivity contribution < 1.29 is 14.6 Å². The Bertz CT molecular complexity index is 361. The number of hydrogen-bond donors (Lipinski definition) is 2. The van der Waals surface area contributed by atoms with E-state index in [0.717, 1.165) is 25.8 Å². The number of nitrogens with one attached hydrogen (secondary N) is 1. The molecule has 1 amide bonds. The van der Waals surface area contributed by atoms with Gasteiger partial charge in [0, 0.05) is 25.7 Å². The molecule has 2 atom stereocenters. The number of carbonyl (C=O) groups excluding carboxylic acids is 1. The number of carbonyl (C=O) groups is 1. The summed E-state index contributed by atoms with van der Waals surface area (Å²) in [6.45, 7) is 13.7. The molecule has 5 heteroatoms. The Morgan fingerprint density at radius 2 is 2.00 bits per heavy atom. The second kappa shape index (κ2) is 7.64. The number of amides is 1. The normalized spacial score (nSPS) is 22.5. The summed E-state index contributed by atoms with van der Waals surface area (Å²) in [5.74, 6) is 0.460. The zero-order valence-corrected chi connectivity index (χ0v) is 15.1. The SMILES string of the molecule is CC(C)CC(C)(O)CNC1CCCN(C(=O)OC(C)(C)C)C1. The molecule has 1 aliphatic heterocycles. The monoisotopic (exact) mass is 314 g/mol. The molecule has 2 unspecified atom stereocenters. The van der Waals surface area contributed by atoms with Gasteiger partial charge in [0.15, 0.2) is 0 Å². The van der Waals surface area contributed by atoms with E-state index in [4.69, 9.17) is 4.74 Å². The summed E-state index contributed by atoms with van der Waals surface area (Å²) < 4.78 is 5.43. The lowest BCUT2D eigenvalue weighted by molar-refractivity contribution is 0.0143. The van der Waals surface area contributed by atoms with Gasteiger partial charge in [-0.1, -0.05) is 13.8 Å². The van der Waals surface area contributed by atoms with Gasteiger partial charge in [0.25, 0.3) is 0 Å². The van der Waals surface area contributed by atoms with Crippen molar-refractivity contribution >= 4 is 6.09 Å². The molecule has 0 aromatic rings. The largest absolute Gasteiger partial charge is 0.444 e. The fourth-order valence-corrected chi connectivity index (χ4v) is 2.95. The summed E-state index contributed by atoms with van der Waals surface area (Å²) in [5.41, 5.74) is -1.17. The van der Waals surface area contributed by atoms with Gasteiger partial charge >= 0.3 is 6.09 Å². The zero-order valence-electron chi connectivity index (χ0n) is 15.1. The minimum Gasteiger partial charge on any atom is -0.444 e. The van der Waals surface area contributed by atoms with Crippen molar-refractivity contribution in [3.05, 3.63) is 0 Å². The molecule has 0 saturated carbocycles. The van der Waals surface area contributed by atoms with Crippen LogP contribution in [0.1, 0.15) is 60.8 Å². The molecule has 1 heterocycles. The van der Waals surface area contributed by atoms with Crippen molar-refractivity contribution in [1.29, 1.82) is 0 Å². The predicted molar refractivity (Wildman–Crippen MR) is 88.9 cm³/mol. The number of rotatable bonds is 5. The molecule has 0 aromatic heterocycles. The summed E-state index contributed by atoms with van der Waals surface area (Å²) in [6.07, 6.45) is 2.51. The molecule has 0 bridgehead atoms. The minimum atomic E-state index is -0.706. The van der Waals surface area contributed by atoms with Crippen LogP contribution in [0.3, 0.4) is 0 Å². The first-order chi connectivity index (χ1) is 9.98. The van der Waals surface area contributed by atoms with E-state index in [1.165, 1.54) is 0 Å². The van der Waals surface area contributed by atoms with Crippen LogP contribution >= 0.6 is 0 Å². The first-order valence-electron chi connectivity index (χ1n) is 8.42. The Morgan fingerprint density at radius 1 is 1.36 bits per heavy atom. The van der Waals surface area contributed by atoms with Crippen molar-refractivity contribution in [2.75, 3.05) is 19.6 Å². The summed E-state index contributed by atoms with van der Waals surface area (Å²) in [4.78, 5) is 13.9. The maximum atomic E-state index is 12.1. The lowest BCUT2D eigenvalue weighted by atomic mass is 9.93. The minimum absolute atomic E-state index is 0.222. The molecule has 130 valence electrons. The summed E-state index contributed by atoms with van der Waals surface area (Å²) in [7, 11) is 0. The van der Waals surface area contributed by atoms with Crippen LogP contribution < -0.4 is 5.32 Å². The lowest BCUT2D eigenvalue weighted by Crippen LogP contribution is -2.52. The first kappa shape index (κ1) is 19.2. The van der Waals surface area contributed by atoms with Gasteiger partial charge in [-0.2, -0.15) is 0 Å². The van der Waals surface area contributed by atoms with Gasteiger partial charge < -0.3 is 20.1 Å². The number of likely N-dealkylation sites (tertiary alicyclic amines) is 1. The third-order valence-electron chi connectivity index (χ3n) is 3.69. The Kier molecular flexibility index (Phi) is 6.68. The molecule has 1 aliphatic rings. The third kappa shape index (κ3) is 7.45. The van der Waals surface area contributed by atoms with Crippen LogP contribution in [0, 0.1) is 5.92 Å². The van der Waals surface area contributed by atoms with E-state index in [1.807, 2.05) is 27.7 Å². The first-order valence-corrected chi connectivity index (χ1v) is 8.42. The zero-order chi connectivity index (χ0) is 17.0. The molecule has 0 aliphatic carbocycles. The molecule has 0 aromatic carbocycles. The highest BCUT2D eigenvalue weighted by Gasteiger charge is 2.29. The molecule has 22 heavy (non-hydrogen) atoms. The Labute approximate surface area is 135 Å². The van der Waals surface area contributed by atoms with Gasteiger partial charge in [-0.15, -0.1) is 0 Å². The Hall–Kier alpha value is -0.810. The van der Waals surface area contributed by atoms with Crippen LogP contribution in [0.15, 0.2) is 0 Å². The Morgan fingerprint density at radius 3 is 2.55 bits per heavy atom. The van der Waals surface area contributed by atoms with E-state index in [0.29, 0.717) is 19.0 Å². The molecule has 0 radical (unpaired) electrons. The number of nitrogens with zero attached hydrogens (tertiary/aromatic N) is 1. The molecule has 1 rings (SSSR count). The molecule has 5 nitrogen and oxygen atoms in total. The van der Waals surface area contributed by atoms with Crippen molar-refractivity contribution in [3.63, 3.8) is 0 Å². The van der Waals surface area contributed by atoms with E-state index >= 15 is 0 Å². The maximum absolute atomic E-state index is 12.1. The van der Waals surface area contributed by atoms with Gasteiger partial charge in [-0.3, -0.25) is 0 Å². The third-order valence-corrected chi connectivity index (χ3v) is 3.69. The lowest BCUT2D eigenvalue weighted by Gasteiger charge is -2.36. The fourth-order valence-electron chi connectivity index (χ4n) is 2.95. The van der Waals surface area contributed by atoms with E-state index in [2.05, 4.69) is 19.2 Å². The summed E-state index contributed by atoms with van der Waals surface area (Å²) >= 11 is 0. The molecule has 1 saturated heterocycles. The van der Waals surface area contributed by atoms with Gasteiger partial charge in [-0.25, -0.2) is 4.79 Å². The summed E-state index contributed by atoms with van der Waals surface area (Å²) in [5, 5.41) is 13.8. The number of ether oxygens (including phenoxy) is 1. The van der Waals surface area contributed by atoms with E-state index in [1.54, 1.807) is 4.90 Å². The van der Waals surface area contributed by atoms with E-state index in [-0.39, 0.29) is 12.1 Å². The van der Waals surface area contributed by atoms with Crippen LogP contribution in [0.25, 0.3) is 0 Å². The van der Waals surface area contributed by atoms with Crippen LogP contribution in [0.4, 0.5) is 4.79 Å². The Balaban J connectivity index is 2.45. The quantitative estimate of drug-likeness (QED) is 0.819. The number of piperidine rings is 1. The number of aliphatic hydroxyl groups is 1. The standard InChI is InChI=1S/C17H34N2O3/c1-13(2)10-17(6,21)12-18-14-8-7-9-19(11-14)15(20)22-16(3,4)5/h13-14,18,21H,7-12H2,1-6H3. The van der Waals surface area contributed by atoms with Crippen molar-refractivity contribution in [1.82, 2.24) is 10.2 Å². The maximum Gasteiger partial charge on any atom is 0.410 e. The topological polar surface area (TPSA) is 61.8 Å². The predicted octanol–water partition coefficient (Wildman–Crippen LogP) is 2.77. The van der Waals surface area contributed by atoms with Gasteiger partial charge in [0.05, 0.1) is 5.60 Å². The van der Waals surface area contributed by atoms with E-state index < -0.39 is 11.2 Å². The molecule has 0 spiro atoms. The average molecular weight is 314 g/mol. The number of hydrogen-bond acceptors (Lipinski definition) is 4. The second-order valence-electron chi connectivity index (χ2n) is 8.24. The second-order valence-corrected chi connectivity index (χ2v) is 8.24.